The van der Waals surface area contributed by atoms with E-state index in [0.717, 1.165) is 12.8 Å². The van der Waals surface area contributed by atoms with Crippen LogP contribution < -0.4 is 19.5 Å². The maximum atomic E-state index is 12.1. The van der Waals surface area contributed by atoms with Crippen molar-refractivity contribution in [2.75, 3.05) is 27.9 Å². The molecule has 1 aromatic rings. The highest BCUT2D eigenvalue weighted by Crippen LogP contribution is 2.38. The molecule has 1 amide bonds. The normalized spacial score (nSPS) is 11.7. The lowest BCUT2D eigenvalue weighted by molar-refractivity contribution is 0.0952. The summed E-state index contributed by atoms with van der Waals surface area (Å²) >= 11 is 6.02. The molecule has 21 heavy (non-hydrogen) atoms. The van der Waals surface area contributed by atoms with Crippen molar-refractivity contribution in [1.82, 2.24) is 5.32 Å². The monoisotopic (exact) mass is 315 g/mol. The van der Waals surface area contributed by atoms with Gasteiger partial charge in [0, 0.05) is 17.5 Å². The molecule has 0 heterocycles. The van der Waals surface area contributed by atoms with Gasteiger partial charge in [-0.1, -0.05) is 6.92 Å². The molecule has 0 aliphatic carbocycles. The lowest BCUT2D eigenvalue weighted by Crippen LogP contribution is -2.26. The second kappa shape index (κ2) is 8.62. The number of methoxy groups -OCH3 is 3. The lowest BCUT2D eigenvalue weighted by Gasteiger charge is -2.14. The molecule has 1 atom stereocenters. The summed E-state index contributed by atoms with van der Waals surface area (Å²) in [5.41, 5.74) is 0.451. The maximum absolute atomic E-state index is 12.1. The summed E-state index contributed by atoms with van der Waals surface area (Å²) in [6.45, 7) is 2.54. The Morgan fingerprint density at radius 2 is 1.76 bits per heavy atom. The molecule has 0 aliphatic rings. The van der Waals surface area contributed by atoms with Crippen LogP contribution >= 0.6 is 11.6 Å². The zero-order valence-corrected chi connectivity index (χ0v) is 13.6. The number of carbonyl (C=O) groups is 1. The van der Waals surface area contributed by atoms with E-state index in [4.69, 9.17) is 25.8 Å². The molecule has 118 valence electrons. The fraction of sp³-hybridized carbons (Fsp3) is 0.533. The summed E-state index contributed by atoms with van der Waals surface area (Å²) < 4.78 is 15.7. The Labute approximate surface area is 130 Å². The van der Waals surface area contributed by atoms with E-state index in [1.807, 2.05) is 6.92 Å². The third-order valence-electron chi connectivity index (χ3n) is 3.11. The molecule has 0 spiro atoms. The fourth-order valence-corrected chi connectivity index (χ4v) is 1.97. The first-order valence-corrected chi connectivity index (χ1v) is 7.23. The first-order valence-electron chi connectivity index (χ1n) is 6.79. The molecule has 0 radical (unpaired) electrons. The van der Waals surface area contributed by atoms with Gasteiger partial charge < -0.3 is 19.5 Å². The average molecular weight is 316 g/mol. The van der Waals surface area contributed by atoms with Crippen LogP contribution in [0.25, 0.3) is 0 Å². The van der Waals surface area contributed by atoms with Crippen LogP contribution in [0.4, 0.5) is 0 Å². The van der Waals surface area contributed by atoms with E-state index < -0.39 is 0 Å². The molecule has 0 fully saturated rings. The largest absolute Gasteiger partial charge is 0.493 e. The predicted molar refractivity (Wildman–Crippen MR) is 83.0 cm³/mol. The number of carbonyl (C=O) groups excluding carboxylic acids is 1. The standard InChI is InChI=1S/C15H22ClNO4/c1-5-11(16)6-7-17-15(18)10-8-12(19-2)14(21-4)13(9-10)20-3/h8-9,11H,5-7H2,1-4H3,(H,17,18). The van der Waals surface area contributed by atoms with Crippen molar-refractivity contribution in [3.05, 3.63) is 17.7 Å². The number of ether oxygens (including phenoxy) is 3. The first kappa shape index (κ1) is 17.4. The van der Waals surface area contributed by atoms with Gasteiger partial charge in [-0.2, -0.15) is 0 Å². The van der Waals surface area contributed by atoms with Gasteiger partial charge in [-0.3, -0.25) is 4.79 Å². The van der Waals surface area contributed by atoms with E-state index in [2.05, 4.69) is 5.32 Å². The summed E-state index contributed by atoms with van der Waals surface area (Å²) in [4.78, 5) is 12.1. The minimum absolute atomic E-state index is 0.0743. The topological polar surface area (TPSA) is 56.8 Å². The highest BCUT2D eigenvalue weighted by molar-refractivity contribution is 6.20. The van der Waals surface area contributed by atoms with Gasteiger partial charge in [-0.05, 0) is 25.0 Å². The van der Waals surface area contributed by atoms with Crippen molar-refractivity contribution in [1.29, 1.82) is 0 Å². The van der Waals surface area contributed by atoms with Gasteiger partial charge in [-0.25, -0.2) is 0 Å². The average Bonchev–Trinajstić information content (AvgIpc) is 2.52. The second-order valence-electron chi connectivity index (χ2n) is 4.46. The van der Waals surface area contributed by atoms with E-state index in [-0.39, 0.29) is 11.3 Å². The molecule has 1 N–H and O–H groups in total. The molecular formula is C15H22ClNO4. The summed E-state index contributed by atoms with van der Waals surface area (Å²) in [5.74, 6) is 1.16. The molecule has 1 rings (SSSR count). The molecule has 0 saturated carbocycles. The van der Waals surface area contributed by atoms with Crippen molar-refractivity contribution >= 4 is 17.5 Å². The van der Waals surface area contributed by atoms with Gasteiger partial charge in [0.2, 0.25) is 5.75 Å². The van der Waals surface area contributed by atoms with Gasteiger partial charge in [0.1, 0.15) is 0 Å². The molecule has 0 aliphatic heterocycles. The van der Waals surface area contributed by atoms with E-state index >= 15 is 0 Å². The predicted octanol–water partition coefficient (Wildman–Crippen LogP) is 2.85. The quantitative estimate of drug-likeness (QED) is 0.749. The number of amides is 1. The Morgan fingerprint density at radius 3 is 2.19 bits per heavy atom. The molecule has 0 aromatic heterocycles. The van der Waals surface area contributed by atoms with Crippen LogP contribution in [-0.2, 0) is 0 Å². The number of benzene rings is 1. The highest BCUT2D eigenvalue weighted by atomic mass is 35.5. The Bertz CT molecular complexity index is 454. The van der Waals surface area contributed by atoms with Crippen LogP contribution in [0.3, 0.4) is 0 Å². The van der Waals surface area contributed by atoms with Gasteiger partial charge >= 0.3 is 0 Å². The van der Waals surface area contributed by atoms with Crippen molar-refractivity contribution in [3.63, 3.8) is 0 Å². The Hall–Kier alpha value is -1.62. The van der Waals surface area contributed by atoms with Crippen LogP contribution in [0.1, 0.15) is 30.1 Å². The SMILES string of the molecule is CCC(Cl)CCNC(=O)c1cc(OC)c(OC)c(OC)c1. The van der Waals surface area contributed by atoms with Crippen LogP contribution in [0, 0.1) is 0 Å². The third-order valence-corrected chi connectivity index (χ3v) is 3.64. The van der Waals surface area contributed by atoms with Crippen LogP contribution in [0.15, 0.2) is 12.1 Å². The zero-order valence-electron chi connectivity index (χ0n) is 12.9. The van der Waals surface area contributed by atoms with Crippen molar-refractivity contribution in [2.45, 2.75) is 25.1 Å². The van der Waals surface area contributed by atoms with E-state index in [9.17, 15) is 4.79 Å². The Morgan fingerprint density at radius 1 is 1.19 bits per heavy atom. The number of rotatable bonds is 8. The highest BCUT2D eigenvalue weighted by Gasteiger charge is 2.16. The van der Waals surface area contributed by atoms with Crippen LogP contribution in [0.2, 0.25) is 0 Å². The number of nitrogens with one attached hydrogen (secondary N) is 1. The Balaban J connectivity index is 2.84. The molecule has 5 nitrogen and oxygen atoms in total. The van der Waals surface area contributed by atoms with E-state index in [0.29, 0.717) is 29.4 Å². The van der Waals surface area contributed by atoms with E-state index in [1.54, 1.807) is 12.1 Å². The first-order chi connectivity index (χ1) is 10.1. The summed E-state index contributed by atoms with van der Waals surface area (Å²) in [6, 6.07) is 3.24. The summed E-state index contributed by atoms with van der Waals surface area (Å²) in [6.07, 6.45) is 1.61. The molecular weight excluding hydrogens is 294 g/mol. The molecule has 0 saturated heterocycles. The lowest BCUT2D eigenvalue weighted by atomic mass is 10.1. The number of alkyl halides is 1. The second-order valence-corrected chi connectivity index (χ2v) is 5.08. The molecule has 1 unspecified atom stereocenters. The van der Waals surface area contributed by atoms with Crippen LogP contribution in [0.5, 0.6) is 17.2 Å². The summed E-state index contributed by atoms with van der Waals surface area (Å²) in [7, 11) is 4.54. The number of halogens is 1. The molecule has 1 aromatic carbocycles. The van der Waals surface area contributed by atoms with Gasteiger partial charge in [0.15, 0.2) is 11.5 Å². The Kier molecular flexibility index (Phi) is 7.15. The van der Waals surface area contributed by atoms with E-state index in [1.165, 1.54) is 21.3 Å². The van der Waals surface area contributed by atoms with Gasteiger partial charge in [-0.15, -0.1) is 11.6 Å². The van der Waals surface area contributed by atoms with Gasteiger partial charge in [0.05, 0.1) is 21.3 Å². The maximum Gasteiger partial charge on any atom is 0.251 e. The number of hydrogen-bond acceptors (Lipinski definition) is 4. The molecule has 6 heteroatoms. The third kappa shape index (κ3) is 4.70. The van der Waals surface area contributed by atoms with Crippen molar-refractivity contribution < 1.29 is 19.0 Å². The van der Waals surface area contributed by atoms with Crippen molar-refractivity contribution in [3.8, 4) is 17.2 Å². The number of hydrogen-bond donors (Lipinski definition) is 1. The van der Waals surface area contributed by atoms with Crippen molar-refractivity contribution in [2.24, 2.45) is 0 Å². The summed E-state index contributed by atoms with van der Waals surface area (Å²) in [5, 5.41) is 2.90. The van der Waals surface area contributed by atoms with Crippen LogP contribution in [-0.4, -0.2) is 39.2 Å². The minimum atomic E-state index is -0.200. The van der Waals surface area contributed by atoms with Gasteiger partial charge in [0.25, 0.3) is 5.91 Å². The smallest absolute Gasteiger partial charge is 0.251 e. The minimum Gasteiger partial charge on any atom is -0.493 e. The fourth-order valence-electron chi connectivity index (χ4n) is 1.86. The zero-order chi connectivity index (χ0) is 15.8. The molecule has 0 bridgehead atoms.